The number of aromatic nitrogens is 3. The Kier molecular flexibility index (Phi) is 5.24. The van der Waals surface area contributed by atoms with E-state index in [1.807, 2.05) is 55.5 Å². The molecule has 2 aromatic heterocycles. The molecule has 0 radical (unpaired) electrons. The van der Waals surface area contributed by atoms with E-state index in [2.05, 4.69) is 15.3 Å². The van der Waals surface area contributed by atoms with Gasteiger partial charge in [-0.1, -0.05) is 53.5 Å². The Morgan fingerprint density at radius 3 is 2.50 bits per heavy atom. The number of nitrogen functional groups attached to an aromatic ring is 2. The van der Waals surface area contributed by atoms with Crippen LogP contribution in [0.1, 0.15) is 18.7 Å². The monoisotopic (exact) mass is 440 g/mol. The zero-order chi connectivity index (χ0) is 21.4. The molecule has 0 aliphatic rings. The van der Waals surface area contributed by atoms with Crippen molar-refractivity contribution in [1.82, 2.24) is 14.5 Å². The van der Waals surface area contributed by atoms with Gasteiger partial charge in [-0.05, 0) is 36.6 Å². The molecule has 0 saturated heterocycles. The number of fused-ring (bicyclic) bond motifs is 1. The Morgan fingerprint density at radius 2 is 1.77 bits per heavy atom. The van der Waals surface area contributed by atoms with Crippen LogP contribution in [0.2, 0.25) is 10.0 Å². The van der Waals surface area contributed by atoms with E-state index in [9.17, 15) is 4.79 Å². The second kappa shape index (κ2) is 7.85. The Bertz CT molecular complexity index is 1310. The molecule has 2 aromatic carbocycles. The maximum absolute atomic E-state index is 13.5. The topological polar surface area (TPSA) is 112 Å². The van der Waals surface area contributed by atoms with Gasteiger partial charge in [0.1, 0.15) is 10.8 Å². The van der Waals surface area contributed by atoms with E-state index < -0.39 is 0 Å². The lowest BCUT2D eigenvalue weighted by atomic mass is 10.1. The Labute approximate surface area is 182 Å². The molecule has 0 unspecified atom stereocenters. The Balaban J connectivity index is 1.93. The van der Waals surface area contributed by atoms with Crippen molar-refractivity contribution in [2.24, 2.45) is 0 Å². The van der Waals surface area contributed by atoms with Gasteiger partial charge in [-0.2, -0.15) is 9.97 Å². The van der Waals surface area contributed by atoms with Crippen LogP contribution in [0.4, 0.5) is 17.6 Å². The van der Waals surface area contributed by atoms with Crippen molar-refractivity contribution >= 4 is 51.6 Å². The number of benzene rings is 2. The van der Waals surface area contributed by atoms with Gasteiger partial charge in [0.2, 0.25) is 5.95 Å². The van der Waals surface area contributed by atoms with Crippen molar-refractivity contribution in [3.05, 3.63) is 80.7 Å². The number of hydrogen-bond acceptors (Lipinski definition) is 6. The number of rotatable bonds is 4. The molecular weight excluding hydrogens is 423 g/mol. The average Bonchev–Trinajstić information content (AvgIpc) is 2.72. The normalized spacial score (nSPS) is 12.1. The van der Waals surface area contributed by atoms with E-state index in [1.54, 1.807) is 10.6 Å². The number of hydrogen-bond donors (Lipinski definition) is 3. The fourth-order valence-electron chi connectivity index (χ4n) is 3.36. The molecule has 152 valence electrons. The van der Waals surface area contributed by atoms with E-state index >= 15 is 0 Å². The zero-order valence-corrected chi connectivity index (χ0v) is 17.4. The SMILES string of the molecule is C[C@H](Nc1nc(N)nc(N)c1Cl)c1cc2cccc(Cl)c2c(=O)n1-c1ccccc1. The Morgan fingerprint density at radius 1 is 1.03 bits per heavy atom. The summed E-state index contributed by atoms with van der Waals surface area (Å²) < 4.78 is 1.62. The minimum atomic E-state index is -0.382. The lowest BCUT2D eigenvalue weighted by molar-refractivity contribution is 0.773. The maximum Gasteiger partial charge on any atom is 0.264 e. The van der Waals surface area contributed by atoms with Crippen molar-refractivity contribution in [2.45, 2.75) is 13.0 Å². The summed E-state index contributed by atoms with van der Waals surface area (Å²) in [5.41, 5.74) is 12.7. The van der Waals surface area contributed by atoms with E-state index in [0.29, 0.717) is 21.8 Å². The minimum absolute atomic E-state index is 0.00246. The average molecular weight is 441 g/mol. The summed E-state index contributed by atoms with van der Waals surface area (Å²) in [6.07, 6.45) is 0. The molecule has 2 heterocycles. The lowest BCUT2D eigenvalue weighted by Crippen LogP contribution is -2.26. The molecule has 0 spiro atoms. The number of nitrogens with two attached hydrogens (primary N) is 2. The van der Waals surface area contributed by atoms with Crippen molar-refractivity contribution in [3.8, 4) is 5.69 Å². The van der Waals surface area contributed by atoms with E-state index in [4.69, 9.17) is 34.7 Å². The molecule has 0 aliphatic heterocycles. The van der Waals surface area contributed by atoms with Crippen molar-refractivity contribution in [3.63, 3.8) is 0 Å². The molecule has 4 aromatic rings. The van der Waals surface area contributed by atoms with Gasteiger partial charge in [-0.3, -0.25) is 9.36 Å². The van der Waals surface area contributed by atoms with E-state index in [-0.39, 0.29) is 34.2 Å². The number of anilines is 3. The van der Waals surface area contributed by atoms with Gasteiger partial charge in [-0.15, -0.1) is 0 Å². The molecular formula is C21H18Cl2N6O. The predicted molar refractivity (Wildman–Crippen MR) is 122 cm³/mol. The van der Waals surface area contributed by atoms with Crippen LogP contribution in [0.5, 0.6) is 0 Å². The quantitative estimate of drug-likeness (QED) is 0.432. The highest BCUT2D eigenvalue weighted by atomic mass is 35.5. The zero-order valence-electron chi connectivity index (χ0n) is 15.9. The highest BCUT2D eigenvalue weighted by molar-refractivity contribution is 6.35. The number of pyridine rings is 1. The molecule has 1 atom stereocenters. The highest BCUT2D eigenvalue weighted by Gasteiger charge is 2.19. The maximum atomic E-state index is 13.5. The van der Waals surface area contributed by atoms with Gasteiger partial charge >= 0.3 is 0 Å². The second-order valence-corrected chi connectivity index (χ2v) is 7.53. The number of nitrogens with zero attached hydrogens (tertiary/aromatic N) is 3. The summed E-state index contributed by atoms with van der Waals surface area (Å²) in [6.45, 7) is 1.88. The smallest absolute Gasteiger partial charge is 0.264 e. The van der Waals surface area contributed by atoms with Gasteiger partial charge in [-0.25, -0.2) is 0 Å². The van der Waals surface area contributed by atoms with Gasteiger partial charge in [0.25, 0.3) is 5.56 Å². The predicted octanol–water partition coefficient (Wildman–Crippen LogP) is 4.43. The molecule has 7 nitrogen and oxygen atoms in total. The van der Waals surface area contributed by atoms with Gasteiger partial charge in [0.15, 0.2) is 5.82 Å². The van der Waals surface area contributed by atoms with Crippen LogP contribution in [0, 0.1) is 0 Å². The van der Waals surface area contributed by atoms with Crippen LogP contribution < -0.4 is 22.3 Å². The fourth-order valence-corrected chi connectivity index (χ4v) is 3.76. The third-order valence-corrected chi connectivity index (χ3v) is 5.42. The summed E-state index contributed by atoms with van der Waals surface area (Å²) in [5.74, 6) is 0.356. The van der Waals surface area contributed by atoms with Crippen LogP contribution >= 0.6 is 23.2 Å². The highest BCUT2D eigenvalue weighted by Crippen LogP contribution is 2.30. The van der Waals surface area contributed by atoms with Crippen molar-refractivity contribution in [2.75, 3.05) is 16.8 Å². The third kappa shape index (κ3) is 3.53. The summed E-state index contributed by atoms with van der Waals surface area (Å²) >= 11 is 12.6. The first-order chi connectivity index (χ1) is 14.4. The second-order valence-electron chi connectivity index (χ2n) is 6.75. The summed E-state index contributed by atoms with van der Waals surface area (Å²) in [4.78, 5) is 21.4. The van der Waals surface area contributed by atoms with E-state index in [0.717, 1.165) is 5.39 Å². The van der Waals surface area contributed by atoms with Crippen LogP contribution in [-0.2, 0) is 0 Å². The lowest BCUT2D eigenvalue weighted by Gasteiger charge is -2.22. The Hall–Kier alpha value is -3.29. The van der Waals surface area contributed by atoms with Crippen LogP contribution in [-0.4, -0.2) is 14.5 Å². The molecule has 0 saturated carbocycles. The summed E-state index contributed by atoms with van der Waals surface area (Å²) in [6, 6.07) is 16.2. The molecule has 5 N–H and O–H groups in total. The molecule has 9 heteroatoms. The van der Waals surface area contributed by atoms with Crippen LogP contribution in [0.15, 0.2) is 59.4 Å². The molecule has 0 amide bonds. The fraction of sp³-hybridized carbons (Fsp3) is 0.0952. The van der Waals surface area contributed by atoms with Crippen LogP contribution in [0.25, 0.3) is 16.5 Å². The van der Waals surface area contributed by atoms with Gasteiger partial charge < -0.3 is 16.8 Å². The van der Waals surface area contributed by atoms with Gasteiger partial charge in [0.05, 0.1) is 16.5 Å². The standard InChI is InChI=1S/C21H18Cl2N6O/c1-11(26-19-17(23)18(24)27-21(25)28-19)15-10-12-6-5-9-14(22)16(12)20(30)29(15)13-7-3-2-4-8-13/h2-11H,1H3,(H5,24,25,26,27,28)/t11-/m0/s1. The molecule has 0 aliphatic carbocycles. The molecule has 0 fully saturated rings. The first kappa shape index (κ1) is 20.0. The first-order valence-corrected chi connectivity index (χ1v) is 9.87. The minimum Gasteiger partial charge on any atom is -0.382 e. The summed E-state index contributed by atoms with van der Waals surface area (Å²) in [7, 11) is 0. The molecule has 4 rings (SSSR count). The largest absolute Gasteiger partial charge is 0.382 e. The number of halogens is 2. The van der Waals surface area contributed by atoms with Gasteiger partial charge in [0, 0.05) is 11.4 Å². The third-order valence-electron chi connectivity index (χ3n) is 4.73. The van der Waals surface area contributed by atoms with Crippen molar-refractivity contribution < 1.29 is 0 Å². The first-order valence-electron chi connectivity index (χ1n) is 9.11. The molecule has 30 heavy (non-hydrogen) atoms. The van der Waals surface area contributed by atoms with Crippen LogP contribution in [0.3, 0.4) is 0 Å². The van der Waals surface area contributed by atoms with Crippen molar-refractivity contribution in [1.29, 1.82) is 0 Å². The molecule has 0 bridgehead atoms. The number of nitrogens with one attached hydrogen (secondary N) is 1. The summed E-state index contributed by atoms with van der Waals surface area (Å²) in [5, 5.41) is 4.93. The van der Waals surface area contributed by atoms with E-state index in [1.165, 1.54) is 0 Å². The number of para-hydroxylation sites is 1.